The molecule has 0 aliphatic carbocycles. The Kier molecular flexibility index (Phi) is 5.70. The minimum atomic E-state index is 0.619. The van der Waals surface area contributed by atoms with Crippen molar-refractivity contribution >= 4 is 16.7 Å². The highest BCUT2D eigenvalue weighted by molar-refractivity contribution is 5.83. The molecule has 24 heavy (non-hydrogen) atoms. The van der Waals surface area contributed by atoms with Gasteiger partial charge in [-0.15, -0.1) is 0 Å². The van der Waals surface area contributed by atoms with Crippen molar-refractivity contribution in [1.29, 1.82) is 0 Å². The zero-order chi connectivity index (χ0) is 16.8. The van der Waals surface area contributed by atoms with Gasteiger partial charge in [0.15, 0.2) is 5.96 Å². The van der Waals surface area contributed by atoms with E-state index in [0.717, 1.165) is 45.1 Å². The fourth-order valence-corrected chi connectivity index (χ4v) is 3.30. The third-order valence-electron chi connectivity index (χ3n) is 4.64. The van der Waals surface area contributed by atoms with Crippen molar-refractivity contribution in [3.05, 3.63) is 48.0 Å². The molecule has 0 radical (unpaired) electrons. The number of guanidine groups is 1. The Morgan fingerprint density at radius 1 is 1.25 bits per heavy atom. The largest absolute Gasteiger partial charge is 0.381 e. The van der Waals surface area contributed by atoms with Gasteiger partial charge in [0.25, 0.3) is 0 Å². The van der Waals surface area contributed by atoms with E-state index in [2.05, 4.69) is 64.7 Å². The van der Waals surface area contributed by atoms with Crippen LogP contribution in [0, 0.1) is 5.92 Å². The molecule has 4 heteroatoms. The highest BCUT2D eigenvalue weighted by Crippen LogP contribution is 2.16. The second-order valence-electron chi connectivity index (χ2n) is 6.52. The Bertz CT molecular complexity index is 692. The Hall–Kier alpha value is -2.07. The van der Waals surface area contributed by atoms with E-state index in [1.54, 1.807) is 0 Å². The van der Waals surface area contributed by atoms with Gasteiger partial charge in [0.05, 0.1) is 6.61 Å². The summed E-state index contributed by atoms with van der Waals surface area (Å²) < 4.78 is 5.46. The molecule has 1 atom stereocenters. The first kappa shape index (κ1) is 16.8. The number of hydrogen-bond donors (Lipinski definition) is 1. The first-order valence-corrected chi connectivity index (χ1v) is 8.73. The number of nitrogens with one attached hydrogen (secondary N) is 1. The van der Waals surface area contributed by atoms with Crippen LogP contribution in [0.1, 0.15) is 12.0 Å². The maximum atomic E-state index is 5.46. The molecule has 1 N–H and O–H groups in total. The lowest BCUT2D eigenvalue weighted by Crippen LogP contribution is -2.42. The zero-order valence-corrected chi connectivity index (χ0v) is 14.7. The zero-order valence-electron chi connectivity index (χ0n) is 14.7. The van der Waals surface area contributed by atoms with Crippen LogP contribution in [0.15, 0.2) is 47.5 Å². The fourth-order valence-electron chi connectivity index (χ4n) is 3.30. The van der Waals surface area contributed by atoms with E-state index in [0.29, 0.717) is 5.92 Å². The molecule has 0 bridgehead atoms. The third-order valence-corrected chi connectivity index (χ3v) is 4.64. The van der Waals surface area contributed by atoms with Gasteiger partial charge in [-0.25, -0.2) is 0 Å². The Balaban J connectivity index is 1.51. The minimum absolute atomic E-state index is 0.619. The van der Waals surface area contributed by atoms with Gasteiger partial charge in [0, 0.05) is 39.7 Å². The minimum Gasteiger partial charge on any atom is -0.381 e. The van der Waals surface area contributed by atoms with Crippen LogP contribution in [0.3, 0.4) is 0 Å². The number of aliphatic imine (C=N–C) groups is 1. The molecule has 128 valence electrons. The first-order valence-electron chi connectivity index (χ1n) is 8.73. The molecule has 0 saturated carbocycles. The van der Waals surface area contributed by atoms with Gasteiger partial charge in [-0.2, -0.15) is 0 Å². The van der Waals surface area contributed by atoms with Gasteiger partial charge in [-0.05, 0) is 29.2 Å². The molecule has 0 amide bonds. The monoisotopic (exact) mass is 325 g/mol. The van der Waals surface area contributed by atoms with E-state index in [1.807, 2.05) is 7.05 Å². The summed E-state index contributed by atoms with van der Waals surface area (Å²) in [7, 11) is 3.95. The summed E-state index contributed by atoms with van der Waals surface area (Å²) in [6.07, 6.45) is 2.14. The Labute approximate surface area is 144 Å². The summed E-state index contributed by atoms with van der Waals surface area (Å²) in [5.41, 5.74) is 1.35. The summed E-state index contributed by atoms with van der Waals surface area (Å²) in [6.45, 7) is 3.65. The van der Waals surface area contributed by atoms with Gasteiger partial charge >= 0.3 is 0 Å². The van der Waals surface area contributed by atoms with Gasteiger partial charge in [-0.3, -0.25) is 4.99 Å². The highest BCUT2D eigenvalue weighted by Gasteiger charge is 2.18. The molecule has 1 heterocycles. The van der Waals surface area contributed by atoms with Crippen LogP contribution < -0.4 is 5.32 Å². The summed E-state index contributed by atoms with van der Waals surface area (Å²) in [5, 5.41) is 6.07. The molecule has 1 unspecified atom stereocenters. The lowest BCUT2D eigenvalue weighted by Gasteiger charge is -2.24. The quantitative estimate of drug-likeness (QED) is 0.678. The Morgan fingerprint density at radius 2 is 2.08 bits per heavy atom. The predicted molar refractivity (Wildman–Crippen MR) is 101 cm³/mol. The maximum absolute atomic E-state index is 5.46. The summed E-state index contributed by atoms with van der Waals surface area (Å²) >= 11 is 0. The second-order valence-corrected chi connectivity index (χ2v) is 6.52. The van der Waals surface area contributed by atoms with Crippen LogP contribution in [0.25, 0.3) is 10.8 Å². The molecule has 1 fully saturated rings. The molecule has 1 aliphatic heterocycles. The van der Waals surface area contributed by atoms with Crippen molar-refractivity contribution < 1.29 is 4.74 Å². The molecule has 2 aromatic rings. The van der Waals surface area contributed by atoms with Crippen LogP contribution in [-0.2, 0) is 11.2 Å². The number of rotatable bonds is 5. The first-order chi connectivity index (χ1) is 11.8. The van der Waals surface area contributed by atoms with Gasteiger partial charge in [-0.1, -0.05) is 42.5 Å². The molecular weight excluding hydrogens is 298 g/mol. The van der Waals surface area contributed by atoms with Gasteiger partial charge in [0.2, 0.25) is 0 Å². The molecule has 1 saturated heterocycles. The van der Waals surface area contributed by atoms with Crippen LogP contribution >= 0.6 is 0 Å². The van der Waals surface area contributed by atoms with Crippen molar-refractivity contribution in [1.82, 2.24) is 10.2 Å². The standard InChI is InChI=1S/C20H27N3O/c1-21-20(23(2)14-17-10-12-24-15-17)22-11-9-16-7-8-18-5-3-4-6-19(18)13-16/h3-8,13,17H,9-12,14-15H2,1-2H3,(H,21,22). The third kappa shape index (κ3) is 4.26. The molecule has 4 nitrogen and oxygen atoms in total. The molecule has 3 rings (SSSR count). The van der Waals surface area contributed by atoms with Crippen LogP contribution in [0.2, 0.25) is 0 Å². The van der Waals surface area contributed by atoms with E-state index >= 15 is 0 Å². The van der Waals surface area contributed by atoms with E-state index in [-0.39, 0.29) is 0 Å². The van der Waals surface area contributed by atoms with Gasteiger partial charge < -0.3 is 15.0 Å². The Morgan fingerprint density at radius 3 is 2.83 bits per heavy atom. The molecular formula is C20H27N3O. The summed E-state index contributed by atoms with van der Waals surface area (Å²) in [4.78, 5) is 6.61. The van der Waals surface area contributed by atoms with Crippen molar-refractivity contribution in [3.63, 3.8) is 0 Å². The van der Waals surface area contributed by atoms with Gasteiger partial charge in [0.1, 0.15) is 0 Å². The topological polar surface area (TPSA) is 36.9 Å². The van der Waals surface area contributed by atoms with Crippen molar-refractivity contribution in [2.24, 2.45) is 10.9 Å². The number of ether oxygens (including phenoxy) is 1. The normalized spacial score (nSPS) is 18.1. The summed E-state index contributed by atoms with van der Waals surface area (Å²) in [5.74, 6) is 1.58. The second kappa shape index (κ2) is 8.15. The van der Waals surface area contributed by atoms with Crippen LogP contribution in [-0.4, -0.2) is 51.3 Å². The predicted octanol–water partition coefficient (Wildman–Crippen LogP) is 2.93. The molecule has 2 aromatic carbocycles. The van der Waals surface area contributed by atoms with E-state index in [1.165, 1.54) is 16.3 Å². The highest BCUT2D eigenvalue weighted by atomic mass is 16.5. The van der Waals surface area contributed by atoms with Crippen LogP contribution in [0.5, 0.6) is 0 Å². The van der Waals surface area contributed by atoms with E-state index < -0.39 is 0 Å². The average molecular weight is 325 g/mol. The van der Waals surface area contributed by atoms with E-state index in [9.17, 15) is 0 Å². The van der Waals surface area contributed by atoms with Crippen molar-refractivity contribution in [3.8, 4) is 0 Å². The average Bonchev–Trinajstić information content (AvgIpc) is 3.11. The smallest absolute Gasteiger partial charge is 0.193 e. The molecule has 0 aromatic heterocycles. The number of hydrogen-bond acceptors (Lipinski definition) is 2. The van der Waals surface area contributed by atoms with Crippen LogP contribution in [0.4, 0.5) is 0 Å². The van der Waals surface area contributed by atoms with Crippen molar-refractivity contribution in [2.45, 2.75) is 12.8 Å². The molecule has 1 aliphatic rings. The number of fused-ring (bicyclic) bond motifs is 1. The number of nitrogens with zero attached hydrogens (tertiary/aromatic N) is 2. The number of benzene rings is 2. The van der Waals surface area contributed by atoms with E-state index in [4.69, 9.17) is 4.74 Å². The fraction of sp³-hybridized carbons (Fsp3) is 0.450. The maximum Gasteiger partial charge on any atom is 0.193 e. The van der Waals surface area contributed by atoms with Crippen molar-refractivity contribution in [2.75, 3.05) is 40.4 Å². The lowest BCUT2D eigenvalue weighted by molar-refractivity contribution is 0.181. The molecule has 0 spiro atoms. The summed E-state index contributed by atoms with van der Waals surface area (Å²) in [6, 6.07) is 15.2. The SMILES string of the molecule is CN=C(NCCc1ccc2ccccc2c1)N(C)CC1CCOC1. The lowest BCUT2D eigenvalue weighted by atomic mass is 10.1.